The minimum absolute atomic E-state index is 0.0424. The molecule has 7 heteroatoms. The number of thioether (sulfide) groups is 1. The molecule has 0 spiro atoms. The van der Waals surface area contributed by atoms with Crippen molar-refractivity contribution in [3.05, 3.63) is 59.1 Å². The first-order chi connectivity index (χ1) is 12.1. The maximum Gasteiger partial charge on any atom is 0.276 e. The smallest absolute Gasteiger partial charge is 0.276 e. The van der Waals surface area contributed by atoms with Gasteiger partial charge in [0.05, 0.1) is 0 Å². The number of halogens is 1. The highest BCUT2D eigenvalue weighted by atomic mass is 35.5. The molecule has 0 aliphatic rings. The number of nitrogens with zero attached hydrogens (tertiary/aromatic N) is 2. The Morgan fingerprint density at radius 2 is 1.92 bits per heavy atom. The number of para-hydroxylation sites is 1. The average molecular weight is 374 g/mol. The van der Waals surface area contributed by atoms with Gasteiger partial charge in [0.15, 0.2) is 0 Å². The molecule has 0 aliphatic carbocycles. The zero-order chi connectivity index (χ0) is 17.6. The molecule has 0 fully saturated rings. The zero-order valence-electron chi connectivity index (χ0n) is 13.5. The number of carbonyl (C=O) groups excluding carboxylic acids is 1. The summed E-state index contributed by atoms with van der Waals surface area (Å²) in [4.78, 5) is 12.0. The predicted octanol–water partition coefficient (Wildman–Crippen LogP) is 4.82. The third-order valence-electron chi connectivity index (χ3n) is 3.47. The fraction of sp³-hybridized carbons (Fsp3) is 0.167. The van der Waals surface area contributed by atoms with Crippen LogP contribution in [0.15, 0.2) is 58.2 Å². The van der Waals surface area contributed by atoms with Crippen molar-refractivity contribution in [3.63, 3.8) is 0 Å². The lowest BCUT2D eigenvalue weighted by Crippen LogP contribution is -2.12. The summed E-state index contributed by atoms with van der Waals surface area (Å²) in [5.74, 6) is 0.947. The van der Waals surface area contributed by atoms with Crippen LogP contribution >= 0.6 is 23.4 Å². The molecule has 1 N–H and O–H groups in total. The van der Waals surface area contributed by atoms with Crippen molar-refractivity contribution in [2.75, 3.05) is 11.1 Å². The first-order valence-corrected chi connectivity index (χ1v) is 9.06. The molecule has 0 bridgehead atoms. The van der Waals surface area contributed by atoms with E-state index in [1.807, 2.05) is 43.3 Å². The Hall–Kier alpha value is -2.31. The van der Waals surface area contributed by atoms with Crippen LogP contribution < -0.4 is 5.32 Å². The summed E-state index contributed by atoms with van der Waals surface area (Å²) in [6, 6.07) is 14.9. The molecule has 2 aromatic carbocycles. The summed E-state index contributed by atoms with van der Waals surface area (Å²) in [6.07, 6.45) is 0.359. The Kier molecular flexibility index (Phi) is 5.73. The molecule has 0 unspecified atom stereocenters. The number of hydrogen-bond acceptors (Lipinski definition) is 5. The second-order valence-electron chi connectivity index (χ2n) is 5.34. The number of benzene rings is 2. The van der Waals surface area contributed by atoms with Crippen LogP contribution in [0.3, 0.4) is 0 Å². The van der Waals surface area contributed by atoms with Gasteiger partial charge in [-0.2, -0.15) is 0 Å². The van der Waals surface area contributed by atoms with E-state index in [-0.39, 0.29) is 5.91 Å². The van der Waals surface area contributed by atoms with Crippen molar-refractivity contribution in [2.24, 2.45) is 0 Å². The van der Waals surface area contributed by atoms with E-state index < -0.39 is 0 Å². The molecule has 0 radical (unpaired) electrons. The van der Waals surface area contributed by atoms with Crippen LogP contribution in [0.4, 0.5) is 5.69 Å². The van der Waals surface area contributed by atoms with Gasteiger partial charge in [0, 0.05) is 28.4 Å². The first kappa shape index (κ1) is 17.5. The van der Waals surface area contributed by atoms with E-state index in [2.05, 4.69) is 15.5 Å². The molecule has 5 nitrogen and oxygen atoms in total. The van der Waals surface area contributed by atoms with Gasteiger partial charge in [0.25, 0.3) is 5.22 Å². The van der Waals surface area contributed by atoms with E-state index in [9.17, 15) is 4.79 Å². The van der Waals surface area contributed by atoms with E-state index >= 15 is 0 Å². The van der Waals surface area contributed by atoms with Crippen molar-refractivity contribution >= 4 is 35.0 Å². The van der Waals surface area contributed by atoms with E-state index in [1.54, 1.807) is 12.1 Å². The van der Waals surface area contributed by atoms with Crippen LogP contribution in [0.5, 0.6) is 0 Å². The summed E-state index contributed by atoms with van der Waals surface area (Å²) < 4.78 is 5.59. The van der Waals surface area contributed by atoms with E-state index in [4.69, 9.17) is 16.0 Å². The second kappa shape index (κ2) is 8.18. The van der Waals surface area contributed by atoms with Gasteiger partial charge in [0.1, 0.15) is 0 Å². The third-order valence-corrected chi connectivity index (χ3v) is 4.54. The summed E-state index contributed by atoms with van der Waals surface area (Å²) in [7, 11) is 0. The van der Waals surface area contributed by atoms with Gasteiger partial charge in [-0.1, -0.05) is 41.6 Å². The van der Waals surface area contributed by atoms with Crippen molar-refractivity contribution in [3.8, 4) is 11.5 Å². The SMILES string of the molecule is Cc1ccccc1NC(=O)CCSc1nnc(-c2ccc(Cl)cc2)o1. The average Bonchev–Trinajstić information content (AvgIpc) is 3.06. The minimum atomic E-state index is -0.0424. The lowest BCUT2D eigenvalue weighted by molar-refractivity contribution is -0.115. The molecule has 25 heavy (non-hydrogen) atoms. The van der Waals surface area contributed by atoms with Gasteiger partial charge in [0.2, 0.25) is 11.8 Å². The Morgan fingerprint density at radius 1 is 1.16 bits per heavy atom. The number of aromatic nitrogens is 2. The summed E-state index contributed by atoms with van der Waals surface area (Å²) in [5, 5.41) is 12.0. The maximum absolute atomic E-state index is 12.0. The Morgan fingerprint density at radius 3 is 2.68 bits per heavy atom. The fourth-order valence-corrected chi connectivity index (χ4v) is 2.96. The molecule has 1 aromatic heterocycles. The standard InChI is InChI=1S/C18H16ClN3O2S/c1-12-4-2-3-5-15(12)20-16(23)10-11-25-18-22-21-17(24-18)13-6-8-14(19)9-7-13/h2-9H,10-11H2,1H3,(H,20,23). The topological polar surface area (TPSA) is 68.0 Å². The minimum Gasteiger partial charge on any atom is -0.411 e. The Bertz CT molecular complexity index is 865. The highest BCUT2D eigenvalue weighted by Gasteiger charge is 2.10. The van der Waals surface area contributed by atoms with Crippen LogP contribution in [0.2, 0.25) is 5.02 Å². The zero-order valence-corrected chi connectivity index (χ0v) is 15.1. The Labute approximate surface area is 154 Å². The fourth-order valence-electron chi connectivity index (χ4n) is 2.13. The van der Waals surface area contributed by atoms with E-state index in [0.29, 0.717) is 28.3 Å². The number of amides is 1. The lowest BCUT2D eigenvalue weighted by atomic mass is 10.2. The molecule has 1 heterocycles. The number of anilines is 1. The Balaban J connectivity index is 1.50. The molecular weight excluding hydrogens is 358 g/mol. The number of aryl methyl sites for hydroxylation is 1. The number of hydrogen-bond donors (Lipinski definition) is 1. The van der Waals surface area contributed by atoms with Crippen molar-refractivity contribution in [1.82, 2.24) is 10.2 Å². The van der Waals surface area contributed by atoms with Gasteiger partial charge < -0.3 is 9.73 Å². The number of nitrogens with one attached hydrogen (secondary N) is 1. The molecular formula is C18H16ClN3O2S. The number of carbonyl (C=O) groups is 1. The first-order valence-electron chi connectivity index (χ1n) is 7.69. The summed E-state index contributed by atoms with van der Waals surface area (Å²) in [6.45, 7) is 1.96. The van der Waals surface area contributed by atoms with Gasteiger partial charge >= 0.3 is 0 Å². The molecule has 0 saturated carbocycles. The van der Waals surface area contributed by atoms with Gasteiger partial charge in [-0.15, -0.1) is 10.2 Å². The van der Waals surface area contributed by atoms with Gasteiger partial charge in [-0.25, -0.2) is 0 Å². The monoisotopic (exact) mass is 373 g/mol. The van der Waals surface area contributed by atoms with Crippen LogP contribution in [0, 0.1) is 6.92 Å². The van der Waals surface area contributed by atoms with Gasteiger partial charge in [-0.05, 0) is 42.8 Å². The number of rotatable bonds is 6. The van der Waals surface area contributed by atoms with E-state index in [1.165, 1.54) is 11.8 Å². The molecule has 3 aromatic rings. The van der Waals surface area contributed by atoms with Crippen molar-refractivity contribution < 1.29 is 9.21 Å². The van der Waals surface area contributed by atoms with Crippen LogP contribution in [-0.2, 0) is 4.79 Å². The maximum atomic E-state index is 12.0. The van der Waals surface area contributed by atoms with Crippen LogP contribution in [-0.4, -0.2) is 21.9 Å². The van der Waals surface area contributed by atoms with Crippen LogP contribution in [0.1, 0.15) is 12.0 Å². The van der Waals surface area contributed by atoms with Gasteiger partial charge in [-0.3, -0.25) is 4.79 Å². The van der Waals surface area contributed by atoms with Crippen LogP contribution in [0.25, 0.3) is 11.5 Å². The highest BCUT2D eigenvalue weighted by molar-refractivity contribution is 7.99. The van der Waals surface area contributed by atoms with Crippen molar-refractivity contribution in [1.29, 1.82) is 0 Å². The van der Waals surface area contributed by atoms with Crippen molar-refractivity contribution in [2.45, 2.75) is 18.6 Å². The third kappa shape index (κ3) is 4.84. The van der Waals surface area contributed by atoms with E-state index in [0.717, 1.165) is 16.8 Å². The molecule has 0 aliphatic heterocycles. The molecule has 0 atom stereocenters. The predicted molar refractivity (Wildman–Crippen MR) is 99.9 cm³/mol. The lowest BCUT2D eigenvalue weighted by Gasteiger charge is -2.07. The molecule has 3 rings (SSSR count). The second-order valence-corrected chi connectivity index (χ2v) is 6.82. The highest BCUT2D eigenvalue weighted by Crippen LogP contribution is 2.24. The molecule has 1 amide bonds. The summed E-state index contributed by atoms with van der Waals surface area (Å²) in [5.41, 5.74) is 2.68. The molecule has 0 saturated heterocycles. The molecule has 128 valence electrons. The summed E-state index contributed by atoms with van der Waals surface area (Å²) >= 11 is 7.22. The normalized spacial score (nSPS) is 10.6. The largest absolute Gasteiger partial charge is 0.411 e. The quantitative estimate of drug-likeness (QED) is 0.627.